The summed E-state index contributed by atoms with van der Waals surface area (Å²) < 4.78 is 155. The molecule has 125 heavy (non-hydrogen) atoms. The van der Waals surface area contributed by atoms with Crippen molar-refractivity contribution in [3.05, 3.63) is 234 Å². The molecule has 0 spiro atoms. The van der Waals surface area contributed by atoms with Crippen molar-refractivity contribution in [2.75, 3.05) is 30.0 Å². The molecule has 0 radical (unpaired) electrons. The number of oxazole rings is 4. The van der Waals surface area contributed by atoms with Crippen LogP contribution >= 0.6 is 34.8 Å². The monoisotopic (exact) mass is 1800 g/mol. The fraction of sp³-hybridized carbons (Fsp3) is 0.230. The van der Waals surface area contributed by atoms with Crippen molar-refractivity contribution < 1.29 is 120 Å². The number of pyridine rings is 5. The molecule has 13 aromatic rings. The second kappa shape index (κ2) is 42.2. The number of hydrogen-bond donors (Lipinski definition) is 6. The van der Waals surface area contributed by atoms with Crippen LogP contribution in [-0.2, 0) is 66.1 Å². The Kier molecular flexibility index (Phi) is 33.4. The van der Waals surface area contributed by atoms with Gasteiger partial charge in [-0.2, -0.15) is 39.5 Å². The Labute approximate surface area is 725 Å². The quantitative estimate of drug-likeness (QED) is 0.0216. The number of anilines is 4. The minimum atomic E-state index is -4.60. The van der Waals surface area contributed by atoms with Gasteiger partial charge < -0.3 is 80.1 Å². The number of aromatic carboxylic acids is 1. The number of nitrogens with two attached hydrogens (primary N) is 5. The third kappa shape index (κ3) is 25.0. The number of aryl methyl sites for hydroxylation is 4. The van der Waals surface area contributed by atoms with Gasteiger partial charge in [0.05, 0.1) is 76.9 Å². The molecule has 51 heteroatoms. The number of hydrogen-bond acceptors (Lipinski definition) is 34. The number of esters is 1. The number of carboxylic acid groups (broad SMARTS) is 1. The van der Waals surface area contributed by atoms with Gasteiger partial charge >= 0.3 is 56.4 Å². The Balaban J connectivity index is 0.000000213. The summed E-state index contributed by atoms with van der Waals surface area (Å²) in [5.74, 6) is -3.59. The van der Waals surface area contributed by atoms with Gasteiger partial charge in [-0.15, -0.1) is 0 Å². The van der Waals surface area contributed by atoms with E-state index in [0.717, 1.165) is 23.7 Å². The third-order valence-electron chi connectivity index (χ3n) is 17.2. The van der Waals surface area contributed by atoms with E-state index < -0.39 is 71.5 Å². The summed E-state index contributed by atoms with van der Waals surface area (Å²) in [6, 6.07) is 12.5. The number of halogens is 12. The van der Waals surface area contributed by atoms with E-state index >= 15 is 0 Å². The summed E-state index contributed by atoms with van der Waals surface area (Å²) in [6.07, 6.45) is 3.23. The molecule has 0 saturated carbocycles. The molecule has 13 aromatic heterocycles. The zero-order chi connectivity index (χ0) is 90.2. The number of Topliss-reactive ketones (excluding diaryl/α,β-unsaturated/α-hetero) is 2. The minimum absolute atomic E-state index is 0. The Morgan fingerprint density at radius 2 is 0.816 bits per heavy atom. The average Bonchev–Trinajstić information content (AvgIpc) is 1.69. The zero-order valence-corrected chi connectivity index (χ0v) is 68.4. The first-order valence-electron chi connectivity index (χ1n) is 35.0. The molecule has 14 rings (SSSR count). The number of carbonyl (C=O) groups excluding carboxylic acids is 3. The van der Waals surface area contributed by atoms with Crippen LogP contribution in [0.25, 0.3) is 57.6 Å². The van der Waals surface area contributed by atoms with Gasteiger partial charge in [0.1, 0.15) is 42.1 Å². The number of ether oxygens (including phenoxy) is 1. The van der Waals surface area contributed by atoms with Crippen LogP contribution in [0.4, 0.5) is 62.8 Å². The Morgan fingerprint density at radius 3 is 1.18 bits per heavy atom. The first-order valence-corrected chi connectivity index (χ1v) is 36.1. The van der Waals surface area contributed by atoms with E-state index in [0.29, 0.717) is 5.56 Å². The number of aromatic nitrogens is 17. The smallest absolute Gasteiger partial charge is 0.870 e. The van der Waals surface area contributed by atoms with Crippen molar-refractivity contribution >= 4 is 94.2 Å². The molecule has 1 aliphatic rings. The van der Waals surface area contributed by atoms with Gasteiger partial charge in [-0.25, -0.2) is 69.4 Å². The van der Waals surface area contributed by atoms with Gasteiger partial charge in [-0.1, -0.05) is 40.9 Å². The van der Waals surface area contributed by atoms with Crippen molar-refractivity contribution in [2.24, 2.45) is 19.8 Å². The Hall–Kier alpha value is -13.3. The SMILES string of the molecule is COC(=O)c1nc(Cl)c(-c2ncco2)nc1N.Cn1cc(-c2nc(C(=O)CCc3ncccc3C(F)(F)F)c(N)nc2-c2ncco2)ccc1=O.Cn1cc(B2OC(C)(C)C(C)(C)O2)ccc1=O.NCc1ncccc1C(F)(F)F.Nc1nc(-c2ncco2)c(Cl)nc1C(=O)CCc1ncccc1C(F)(F)F.Nc1nc(-c2ncco2)c(Cl)nc1C(=O)O.[Li+].[OH-]. The molecular weight excluding hydrogens is 1730 g/mol. The topological polar surface area (TPSA) is 566 Å². The van der Waals surface area contributed by atoms with Crippen LogP contribution in [0.2, 0.25) is 15.5 Å². The first kappa shape index (κ1) is 98.8. The van der Waals surface area contributed by atoms with E-state index in [1.807, 2.05) is 27.7 Å². The van der Waals surface area contributed by atoms with Gasteiger partial charge in [-0.05, 0) is 88.5 Å². The normalized spacial score (nSPS) is 12.4. The number of nitrogens with zero attached hydrogens (tertiary/aromatic N) is 17. The van der Waals surface area contributed by atoms with Crippen LogP contribution < -0.4 is 64.1 Å². The van der Waals surface area contributed by atoms with Crippen LogP contribution in [0.15, 0.2) is 169 Å². The molecule has 1 saturated heterocycles. The molecule has 0 atom stereocenters. The van der Waals surface area contributed by atoms with Crippen molar-refractivity contribution in [3.8, 4) is 57.6 Å². The van der Waals surface area contributed by atoms with Crippen LogP contribution in [0.1, 0.15) is 116 Å². The maximum atomic E-state index is 13.2. The van der Waals surface area contributed by atoms with Gasteiger partial charge in [0.2, 0.25) is 34.7 Å². The van der Waals surface area contributed by atoms with Crippen molar-refractivity contribution in [2.45, 2.75) is 89.7 Å². The molecule has 1 aliphatic heterocycles. The summed E-state index contributed by atoms with van der Waals surface area (Å²) in [6.45, 7) is 7.84. The molecule has 37 nitrogen and oxygen atoms in total. The average molecular weight is 1800 g/mol. The number of rotatable bonds is 17. The predicted molar refractivity (Wildman–Crippen MR) is 422 cm³/mol. The van der Waals surface area contributed by atoms with Crippen molar-refractivity contribution in [3.63, 3.8) is 0 Å². The first-order chi connectivity index (χ1) is 57.9. The number of methoxy groups -OCH3 is 1. The number of carboxylic acids is 1. The predicted octanol–water partition coefficient (Wildman–Crippen LogP) is 8.20. The van der Waals surface area contributed by atoms with Gasteiger partial charge in [0.15, 0.2) is 84.5 Å². The van der Waals surface area contributed by atoms with Crippen LogP contribution in [-0.4, -0.2) is 143 Å². The third-order valence-corrected chi connectivity index (χ3v) is 18.0. The van der Waals surface area contributed by atoms with Crippen LogP contribution in [0.5, 0.6) is 0 Å². The maximum Gasteiger partial charge on any atom is 1.00 e. The fourth-order valence-corrected chi connectivity index (χ4v) is 11.1. The summed E-state index contributed by atoms with van der Waals surface area (Å²) >= 11 is 17.6. The number of ketones is 2. The zero-order valence-electron chi connectivity index (χ0n) is 66.1. The molecule has 0 amide bonds. The maximum absolute atomic E-state index is 13.2. The summed E-state index contributed by atoms with van der Waals surface area (Å²) in [4.78, 5) is 128. The van der Waals surface area contributed by atoms with E-state index in [-0.39, 0.29) is 204 Å². The molecular formula is C74H66BCl3F9LiN22O15. The second-order valence-electron chi connectivity index (χ2n) is 26.0. The van der Waals surface area contributed by atoms with Crippen molar-refractivity contribution in [1.82, 2.24) is 83.9 Å². The number of nitrogen functional groups attached to an aromatic ring is 4. The molecule has 14 heterocycles. The van der Waals surface area contributed by atoms with Crippen molar-refractivity contribution in [1.29, 1.82) is 0 Å². The summed E-state index contributed by atoms with van der Waals surface area (Å²) in [5.41, 5.74) is 24.5. The minimum Gasteiger partial charge on any atom is -0.870 e. The largest absolute Gasteiger partial charge is 1.00 e. The standard InChI is InChI=1S/C22H17F3N6O3.C16H11ClF3N5O2.C12H18BNO3.C9H7ClN4O3.C8H5ClN4O3.C7H7F3N2.Li.H2O/c1-31-11-12(4-7-16(31)33)17-19(21-28-9-10-34-21)30-20(26)18(29-17)15(32)6-5-14-13(22(23,24)25)3-2-8-27-14;17-13-12(15-23-6-7-27-15)25-14(21)11(24-13)10(26)4-3-9-8(16(18,19)20)2-1-5-22-9;1-11(2)12(3,4)17-13(16-11)9-6-7-10(15)14(5)8-9;1-16-9(15)5-7(11)14-4(6(10)13-5)8-12-2-3-17-8;9-5-3(7-11-1-2-16-7)13-6(10)4(12-5)8(14)15;8-7(9,10)5-2-1-3-12-6(5)4-11;;/h2-4,7-11H,5-6H2,1H3,(H2,26,30);1-2,5-7H,3-4H2,(H2,21,25);6-8H,1-5H3;2-3H,1H3,(H2,11,14);1-2H,(H2,10,13)(H,14,15);1-3H,4,11H2;;1H2/q;;;;;;+1;/p-1. The van der Waals surface area contributed by atoms with E-state index in [1.54, 1.807) is 26.4 Å². The molecule has 1 fully saturated rings. The summed E-state index contributed by atoms with van der Waals surface area (Å²) in [7, 11) is 4.06. The molecule has 0 unspecified atom stereocenters. The van der Waals surface area contributed by atoms with Crippen LogP contribution in [0.3, 0.4) is 0 Å². The summed E-state index contributed by atoms with van der Waals surface area (Å²) in [5, 5.41) is 8.40. The van der Waals surface area contributed by atoms with E-state index in [2.05, 4.69) is 79.5 Å². The number of alkyl halides is 9. The molecule has 0 aromatic carbocycles. The second-order valence-corrected chi connectivity index (χ2v) is 27.1. The van der Waals surface area contributed by atoms with E-state index in [4.69, 9.17) is 95.6 Å². The van der Waals surface area contributed by atoms with Gasteiger partial charge in [0.25, 0.3) is 0 Å². The van der Waals surface area contributed by atoms with E-state index in [1.165, 1.54) is 127 Å². The molecule has 0 aliphatic carbocycles. The Bertz CT molecular complexity index is 6050. The van der Waals surface area contributed by atoms with Gasteiger partial charge in [0, 0.05) is 82.2 Å². The molecule has 12 N–H and O–H groups in total. The van der Waals surface area contributed by atoms with Gasteiger partial charge in [-0.3, -0.25) is 34.1 Å². The molecule has 650 valence electrons. The number of carbonyl (C=O) groups is 4. The molecule has 0 bridgehead atoms. The fourth-order valence-electron chi connectivity index (χ4n) is 10.5. The van der Waals surface area contributed by atoms with E-state index in [9.17, 15) is 68.3 Å². The Morgan fingerprint density at radius 1 is 0.472 bits per heavy atom. The van der Waals surface area contributed by atoms with Crippen LogP contribution in [0, 0.1) is 0 Å².